The number of carbonyl (C=O) groups is 2. The van der Waals surface area contributed by atoms with Crippen molar-refractivity contribution in [3.05, 3.63) is 0 Å². The van der Waals surface area contributed by atoms with Crippen molar-refractivity contribution in [2.75, 3.05) is 19.8 Å². The van der Waals surface area contributed by atoms with E-state index in [-0.39, 0.29) is 31.7 Å². The van der Waals surface area contributed by atoms with E-state index >= 15 is 0 Å². The minimum absolute atomic E-state index is 0.0737. The van der Waals surface area contributed by atoms with Crippen molar-refractivity contribution in [1.82, 2.24) is 0 Å². The van der Waals surface area contributed by atoms with Gasteiger partial charge in [0.1, 0.15) is 0 Å². The topological polar surface area (TPSA) is 72.8 Å². The third kappa shape index (κ3) is 11.7. The Bertz CT molecular complexity index is 230. The number of unbranched alkanes of at least 4 members (excludes halogenated alkanes) is 5. The van der Waals surface area contributed by atoms with Gasteiger partial charge in [-0.15, -0.1) is 0 Å². The third-order valence-corrected chi connectivity index (χ3v) is 2.87. The molecule has 112 valence electrons. The highest BCUT2D eigenvalue weighted by molar-refractivity contribution is 5.69. The van der Waals surface area contributed by atoms with Crippen LogP contribution in [0.25, 0.3) is 0 Å². The van der Waals surface area contributed by atoms with Crippen molar-refractivity contribution in [2.24, 2.45) is 5.92 Å². The lowest BCUT2D eigenvalue weighted by Crippen LogP contribution is -2.21. The van der Waals surface area contributed by atoms with Gasteiger partial charge >= 0.3 is 5.97 Å². The highest BCUT2D eigenvalue weighted by atomic mass is 16.5. The van der Waals surface area contributed by atoms with Gasteiger partial charge in [0.2, 0.25) is 0 Å². The van der Waals surface area contributed by atoms with Gasteiger partial charge in [-0.1, -0.05) is 39.0 Å². The Hall–Kier alpha value is -1.10. The molecule has 0 bridgehead atoms. The van der Waals surface area contributed by atoms with Gasteiger partial charge in [-0.2, -0.15) is 0 Å². The van der Waals surface area contributed by atoms with E-state index in [4.69, 9.17) is 9.84 Å². The summed E-state index contributed by atoms with van der Waals surface area (Å²) in [4.78, 5) is 21.4. The fraction of sp³-hybridized carbons (Fsp3) is 0.857. The summed E-state index contributed by atoms with van der Waals surface area (Å²) in [6.07, 6.45) is 7.16. The summed E-state index contributed by atoms with van der Waals surface area (Å²) in [5.74, 6) is -0.584. The standard InChI is InChI=1S/C14H26O5/c1-2-3-4-5-6-7-8-14(17)19-11-13(9-15)10-18-12-16/h12-13,15H,2-11H2,1H3. The molecule has 5 nitrogen and oxygen atoms in total. The Morgan fingerprint density at radius 3 is 2.47 bits per heavy atom. The van der Waals surface area contributed by atoms with E-state index in [0.29, 0.717) is 12.9 Å². The maximum atomic E-state index is 11.4. The number of rotatable bonds is 13. The Kier molecular flexibility index (Phi) is 12.6. The predicted octanol–water partition coefficient (Wildman–Crippen LogP) is 2.06. The van der Waals surface area contributed by atoms with E-state index in [0.717, 1.165) is 19.3 Å². The molecule has 0 heterocycles. The molecule has 1 atom stereocenters. The summed E-state index contributed by atoms with van der Waals surface area (Å²) in [6.45, 7) is 2.49. The zero-order valence-electron chi connectivity index (χ0n) is 11.8. The van der Waals surface area contributed by atoms with Gasteiger partial charge in [-0.3, -0.25) is 9.59 Å². The summed E-state index contributed by atoms with van der Waals surface area (Å²) in [5, 5.41) is 8.97. The van der Waals surface area contributed by atoms with Crippen LogP contribution in [0.2, 0.25) is 0 Å². The second-order valence-corrected chi connectivity index (χ2v) is 4.68. The molecule has 0 aromatic carbocycles. The summed E-state index contributed by atoms with van der Waals surface area (Å²) < 4.78 is 9.55. The molecule has 0 radical (unpaired) electrons. The Labute approximate surface area is 115 Å². The normalized spacial score (nSPS) is 11.9. The highest BCUT2D eigenvalue weighted by Gasteiger charge is 2.11. The SMILES string of the molecule is CCCCCCCCC(=O)OCC(CO)COC=O. The van der Waals surface area contributed by atoms with Crippen LogP contribution in [0.3, 0.4) is 0 Å². The van der Waals surface area contributed by atoms with Crippen LogP contribution in [0.5, 0.6) is 0 Å². The number of aliphatic hydroxyl groups is 1. The van der Waals surface area contributed by atoms with Gasteiger partial charge in [0, 0.05) is 6.42 Å². The van der Waals surface area contributed by atoms with Crippen molar-refractivity contribution in [3.63, 3.8) is 0 Å². The van der Waals surface area contributed by atoms with Crippen molar-refractivity contribution in [1.29, 1.82) is 0 Å². The van der Waals surface area contributed by atoms with Crippen LogP contribution in [0.15, 0.2) is 0 Å². The lowest BCUT2D eigenvalue weighted by Gasteiger charge is -2.13. The molecule has 0 aliphatic rings. The lowest BCUT2D eigenvalue weighted by molar-refractivity contribution is -0.146. The fourth-order valence-corrected chi connectivity index (χ4v) is 1.66. The van der Waals surface area contributed by atoms with Crippen LogP contribution >= 0.6 is 0 Å². The molecule has 0 saturated heterocycles. The zero-order valence-corrected chi connectivity index (χ0v) is 11.8. The van der Waals surface area contributed by atoms with E-state index in [1.54, 1.807) is 0 Å². The second-order valence-electron chi connectivity index (χ2n) is 4.68. The van der Waals surface area contributed by atoms with Crippen LogP contribution < -0.4 is 0 Å². The zero-order chi connectivity index (χ0) is 14.3. The van der Waals surface area contributed by atoms with Crippen LogP contribution in [0.1, 0.15) is 51.9 Å². The first-order valence-corrected chi connectivity index (χ1v) is 7.06. The van der Waals surface area contributed by atoms with Crippen LogP contribution in [-0.4, -0.2) is 37.4 Å². The molecule has 1 N–H and O–H groups in total. The molecule has 0 aliphatic heterocycles. The highest BCUT2D eigenvalue weighted by Crippen LogP contribution is 2.08. The first kappa shape index (κ1) is 17.9. The van der Waals surface area contributed by atoms with Crippen molar-refractivity contribution < 1.29 is 24.2 Å². The van der Waals surface area contributed by atoms with Gasteiger partial charge in [-0.05, 0) is 6.42 Å². The van der Waals surface area contributed by atoms with Gasteiger partial charge in [0.15, 0.2) is 0 Å². The van der Waals surface area contributed by atoms with E-state index < -0.39 is 0 Å². The molecule has 0 aliphatic carbocycles. The molecule has 19 heavy (non-hydrogen) atoms. The summed E-state index contributed by atoms with van der Waals surface area (Å²) in [6, 6.07) is 0. The minimum Gasteiger partial charge on any atom is -0.467 e. The van der Waals surface area contributed by atoms with Crippen LogP contribution in [0, 0.1) is 5.92 Å². The smallest absolute Gasteiger partial charge is 0.305 e. The molecule has 0 rings (SSSR count). The quantitative estimate of drug-likeness (QED) is 0.316. The molecule has 0 fully saturated rings. The number of esters is 1. The monoisotopic (exact) mass is 274 g/mol. The number of hydrogen-bond acceptors (Lipinski definition) is 5. The van der Waals surface area contributed by atoms with E-state index in [1.807, 2.05) is 0 Å². The van der Waals surface area contributed by atoms with Crippen LogP contribution in [0.4, 0.5) is 0 Å². The van der Waals surface area contributed by atoms with Crippen LogP contribution in [-0.2, 0) is 19.1 Å². The molecule has 1 unspecified atom stereocenters. The molecular weight excluding hydrogens is 248 g/mol. The first-order valence-electron chi connectivity index (χ1n) is 7.06. The minimum atomic E-state index is -0.335. The fourth-order valence-electron chi connectivity index (χ4n) is 1.66. The molecule has 0 amide bonds. The molecular formula is C14H26O5. The van der Waals surface area contributed by atoms with Crippen molar-refractivity contribution in [2.45, 2.75) is 51.9 Å². The Morgan fingerprint density at radius 1 is 1.16 bits per heavy atom. The van der Waals surface area contributed by atoms with Gasteiger partial charge in [0.25, 0.3) is 6.47 Å². The summed E-state index contributed by atoms with van der Waals surface area (Å²) in [5.41, 5.74) is 0. The van der Waals surface area contributed by atoms with Gasteiger partial charge in [-0.25, -0.2) is 0 Å². The molecule has 0 aromatic heterocycles. The number of aliphatic hydroxyl groups excluding tert-OH is 1. The number of hydrogen-bond donors (Lipinski definition) is 1. The average Bonchev–Trinajstić information content (AvgIpc) is 2.43. The predicted molar refractivity (Wildman–Crippen MR) is 71.5 cm³/mol. The maximum Gasteiger partial charge on any atom is 0.305 e. The lowest BCUT2D eigenvalue weighted by atomic mass is 10.1. The van der Waals surface area contributed by atoms with Gasteiger partial charge in [0.05, 0.1) is 25.7 Å². The second kappa shape index (κ2) is 13.3. The maximum absolute atomic E-state index is 11.4. The van der Waals surface area contributed by atoms with E-state index in [9.17, 15) is 9.59 Å². The molecule has 0 aromatic rings. The van der Waals surface area contributed by atoms with Crippen molar-refractivity contribution >= 4 is 12.4 Å². The number of ether oxygens (including phenoxy) is 2. The summed E-state index contributed by atoms with van der Waals surface area (Å²) in [7, 11) is 0. The Morgan fingerprint density at radius 2 is 1.84 bits per heavy atom. The largest absolute Gasteiger partial charge is 0.467 e. The van der Waals surface area contributed by atoms with Gasteiger partial charge < -0.3 is 14.6 Å². The molecule has 0 spiro atoms. The summed E-state index contributed by atoms with van der Waals surface area (Å²) >= 11 is 0. The van der Waals surface area contributed by atoms with Crippen molar-refractivity contribution in [3.8, 4) is 0 Å². The average molecular weight is 274 g/mol. The number of carbonyl (C=O) groups excluding carboxylic acids is 2. The van der Waals surface area contributed by atoms with E-state index in [1.165, 1.54) is 19.3 Å². The molecule has 5 heteroatoms. The third-order valence-electron chi connectivity index (χ3n) is 2.87. The molecule has 0 saturated carbocycles. The van der Waals surface area contributed by atoms with E-state index in [2.05, 4.69) is 11.7 Å². The first-order chi connectivity index (χ1) is 9.24. The Balaban J connectivity index is 3.48.